The fraction of sp³-hybridized carbons (Fsp3) is 0.556. The van der Waals surface area contributed by atoms with Gasteiger partial charge in [-0.25, -0.2) is 4.39 Å². The summed E-state index contributed by atoms with van der Waals surface area (Å²) in [4.78, 5) is 29.5. The smallest absolute Gasteiger partial charge is 0.288 e. The van der Waals surface area contributed by atoms with E-state index >= 15 is 0 Å². The average Bonchev–Trinajstić information content (AvgIpc) is 2.88. The van der Waals surface area contributed by atoms with Gasteiger partial charge in [0.1, 0.15) is 5.82 Å². The molecule has 1 N–H and O–H groups in total. The predicted molar refractivity (Wildman–Crippen MR) is 89.3 cm³/mol. The maximum atomic E-state index is 13.0. The first-order valence-corrected chi connectivity index (χ1v) is 8.79. The van der Waals surface area contributed by atoms with Crippen LogP contribution in [0.25, 0.3) is 0 Å². The van der Waals surface area contributed by atoms with Gasteiger partial charge in [-0.3, -0.25) is 14.5 Å². The van der Waals surface area contributed by atoms with Gasteiger partial charge in [-0.15, -0.1) is 0 Å². The van der Waals surface area contributed by atoms with Crippen LogP contribution >= 0.6 is 0 Å². The third-order valence-corrected chi connectivity index (χ3v) is 5.07. The number of carbonyl (C=O) groups is 2. The number of unbranched alkanes of at least 4 members (excludes halogenated alkanes) is 1. The van der Waals surface area contributed by atoms with E-state index in [0.29, 0.717) is 13.0 Å². The molecule has 0 unspecified atom stereocenters. The number of rotatable bonds is 5. The minimum atomic E-state index is -0.231. The Bertz CT molecular complexity index is 597. The molecule has 2 heterocycles. The Balaban J connectivity index is 1.57. The Morgan fingerprint density at radius 3 is 2.46 bits per heavy atom. The zero-order valence-electron chi connectivity index (χ0n) is 14.1. The Morgan fingerprint density at radius 1 is 1.17 bits per heavy atom. The molecule has 0 radical (unpaired) electrons. The van der Waals surface area contributed by atoms with Crippen molar-refractivity contribution in [3.63, 3.8) is 0 Å². The lowest BCUT2D eigenvalue weighted by Gasteiger charge is -2.35. The second kappa shape index (κ2) is 7.30. The van der Waals surface area contributed by atoms with Crippen molar-refractivity contribution in [3.8, 4) is 0 Å². The van der Waals surface area contributed by atoms with Gasteiger partial charge in [-0.1, -0.05) is 13.3 Å². The lowest BCUT2D eigenvalue weighted by atomic mass is 10.1. The van der Waals surface area contributed by atoms with Crippen LogP contribution in [0.3, 0.4) is 0 Å². The molecule has 5 nitrogen and oxygen atoms in total. The van der Waals surface area contributed by atoms with Crippen LogP contribution < -0.4 is 9.80 Å². The van der Waals surface area contributed by atoms with Gasteiger partial charge in [0, 0.05) is 12.2 Å². The van der Waals surface area contributed by atoms with E-state index in [2.05, 4.69) is 11.8 Å². The monoisotopic (exact) mass is 334 g/mol. The number of imide groups is 1. The second-order valence-electron chi connectivity index (χ2n) is 6.62. The van der Waals surface area contributed by atoms with Crippen molar-refractivity contribution in [1.29, 1.82) is 0 Å². The van der Waals surface area contributed by atoms with Gasteiger partial charge in [0.15, 0.2) is 6.04 Å². The van der Waals surface area contributed by atoms with Crippen molar-refractivity contribution in [3.05, 3.63) is 30.1 Å². The summed E-state index contributed by atoms with van der Waals surface area (Å²) >= 11 is 0. The lowest BCUT2D eigenvalue weighted by Crippen LogP contribution is -3.19. The maximum absolute atomic E-state index is 13.0. The number of benzene rings is 1. The number of piperazine rings is 1. The van der Waals surface area contributed by atoms with Crippen molar-refractivity contribution in [2.24, 2.45) is 0 Å². The Morgan fingerprint density at radius 2 is 1.83 bits per heavy atom. The molecule has 2 aliphatic heterocycles. The number of likely N-dealkylation sites (tertiary alicyclic amines) is 1. The molecule has 2 aliphatic rings. The van der Waals surface area contributed by atoms with E-state index in [1.165, 1.54) is 21.9 Å². The molecule has 24 heavy (non-hydrogen) atoms. The highest BCUT2D eigenvalue weighted by molar-refractivity contribution is 6.04. The number of hydrogen-bond acceptors (Lipinski definition) is 3. The summed E-state index contributed by atoms with van der Waals surface area (Å²) in [5.74, 6) is -0.254. The number of anilines is 1. The highest BCUT2D eigenvalue weighted by Gasteiger charge is 2.45. The van der Waals surface area contributed by atoms with Crippen LogP contribution in [0.2, 0.25) is 0 Å². The molecule has 0 aromatic heterocycles. The Kier molecular flexibility index (Phi) is 5.14. The van der Waals surface area contributed by atoms with Gasteiger partial charge in [0.2, 0.25) is 5.91 Å². The third-order valence-electron chi connectivity index (χ3n) is 5.07. The van der Waals surface area contributed by atoms with E-state index in [-0.39, 0.29) is 23.7 Å². The van der Waals surface area contributed by atoms with Gasteiger partial charge < -0.3 is 9.80 Å². The van der Waals surface area contributed by atoms with E-state index in [1.54, 1.807) is 12.1 Å². The summed E-state index contributed by atoms with van der Waals surface area (Å²) in [6.07, 6.45) is 2.19. The van der Waals surface area contributed by atoms with Gasteiger partial charge in [-0.05, 0) is 30.7 Å². The first-order valence-electron chi connectivity index (χ1n) is 8.79. The zero-order chi connectivity index (χ0) is 17.1. The number of halogens is 1. The van der Waals surface area contributed by atoms with E-state index in [0.717, 1.165) is 44.7 Å². The summed E-state index contributed by atoms with van der Waals surface area (Å²) in [5.41, 5.74) is 1.01. The molecule has 1 aromatic rings. The minimum Gasteiger partial charge on any atom is -0.360 e. The molecule has 0 spiro atoms. The fourth-order valence-electron chi connectivity index (χ4n) is 3.61. The molecule has 2 amide bonds. The van der Waals surface area contributed by atoms with Gasteiger partial charge in [0.25, 0.3) is 5.91 Å². The Labute approximate surface area is 142 Å². The van der Waals surface area contributed by atoms with Crippen LogP contribution in [-0.4, -0.2) is 55.5 Å². The topological polar surface area (TPSA) is 45.1 Å². The lowest BCUT2D eigenvalue weighted by molar-refractivity contribution is -0.915. The summed E-state index contributed by atoms with van der Waals surface area (Å²) in [7, 11) is 0. The highest BCUT2D eigenvalue weighted by Crippen LogP contribution is 2.16. The summed E-state index contributed by atoms with van der Waals surface area (Å²) in [6, 6.07) is 6.30. The van der Waals surface area contributed by atoms with E-state index in [4.69, 9.17) is 0 Å². The normalized spacial score (nSPS) is 22.5. The van der Waals surface area contributed by atoms with Crippen molar-refractivity contribution in [2.75, 3.05) is 37.6 Å². The molecule has 6 heteroatoms. The summed E-state index contributed by atoms with van der Waals surface area (Å²) in [6.45, 7) is 5.88. The second-order valence-corrected chi connectivity index (χ2v) is 6.62. The molecule has 1 atom stereocenters. The molecule has 0 aliphatic carbocycles. The van der Waals surface area contributed by atoms with Crippen molar-refractivity contribution < 1.29 is 18.9 Å². The van der Waals surface area contributed by atoms with Crippen LogP contribution in [0.1, 0.15) is 26.2 Å². The highest BCUT2D eigenvalue weighted by atomic mass is 19.1. The van der Waals surface area contributed by atoms with E-state index in [1.807, 2.05) is 0 Å². The molecule has 3 rings (SSSR count). The molecular formula is C18H25FN3O2+. The standard InChI is InChI=1S/C18H24FN3O2/c1-2-3-8-22-17(23)13-16(18(22)24)21-11-9-20(10-12-21)15-6-4-14(19)5-7-15/h4-7,16H,2-3,8-13H2,1H3/p+1/t16-/m1/s1. The van der Waals surface area contributed by atoms with Crippen LogP contribution in [0.15, 0.2) is 24.3 Å². The van der Waals surface area contributed by atoms with Crippen LogP contribution in [0, 0.1) is 5.82 Å². The maximum Gasteiger partial charge on any atom is 0.288 e. The summed E-state index contributed by atoms with van der Waals surface area (Å²) in [5, 5.41) is 0. The number of nitrogens with one attached hydrogen (secondary N) is 1. The number of quaternary nitrogens is 1. The predicted octanol–water partition coefficient (Wildman–Crippen LogP) is 0.458. The van der Waals surface area contributed by atoms with Crippen LogP contribution in [0.5, 0.6) is 0 Å². The van der Waals surface area contributed by atoms with Crippen LogP contribution in [0.4, 0.5) is 10.1 Å². The molecule has 2 fully saturated rings. The molecule has 1 aromatic carbocycles. The fourth-order valence-corrected chi connectivity index (χ4v) is 3.61. The van der Waals surface area contributed by atoms with E-state index in [9.17, 15) is 14.0 Å². The first kappa shape index (κ1) is 16.9. The molecule has 2 saturated heterocycles. The minimum absolute atomic E-state index is 0.00122. The van der Waals surface area contributed by atoms with Crippen LogP contribution in [-0.2, 0) is 9.59 Å². The Hall–Kier alpha value is -1.95. The third kappa shape index (κ3) is 3.43. The number of carbonyl (C=O) groups excluding carboxylic acids is 2. The van der Waals surface area contributed by atoms with Gasteiger partial charge in [0.05, 0.1) is 32.6 Å². The molecule has 130 valence electrons. The largest absolute Gasteiger partial charge is 0.360 e. The number of nitrogens with zero attached hydrogens (tertiary/aromatic N) is 2. The van der Waals surface area contributed by atoms with Crippen molar-refractivity contribution in [1.82, 2.24) is 4.90 Å². The summed E-state index contributed by atoms with van der Waals surface area (Å²) < 4.78 is 13.0. The quantitative estimate of drug-likeness (QED) is 0.796. The van der Waals surface area contributed by atoms with Gasteiger partial charge in [-0.2, -0.15) is 0 Å². The molecular weight excluding hydrogens is 309 g/mol. The zero-order valence-corrected chi connectivity index (χ0v) is 14.1. The van der Waals surface area contributed by atoms with Crippen molar-refractivity contribution in [2.45, 2.75) is 32.2 Å². The SMILES string of the molecule is CCCCN1C(=O)C[C@@H]([NH+]2CCN(c3ccc(F)cc3)CC2)C1=O. The number of amides is 2. The molecule has 0 saturated carbocycles. The molecule has 0 bridgehead atoms. The first-order chi connectivity index (χ1) is 11.6. The van der Waals surface area contributed by atoms with Gasteiger partial charge >= 0.3 is 0 Å². The number of hydrogen-bond donors (Lipinski definition) is 1. The average molecular weight is 334 g/mol. The van der Waals surface area contributed by atoms with Crippen molar-refractivity contribution >= 4 is 17.5 Å². The van der Waals surface area contributed by atoms with E-state index < -0.39 is 0 Å².